The zero-order valence-corrected chi connectivity index (χ0v) is 10.3. The Hall–Kier alpha value is -1.06. The first-order chi connectivity index (χ1) is 8.29. The first-order valence-electron chi connectivity index (χ1n) is 5.78. The molecule has 1 saturated heterocycles. The number of rotatable bonds is 4. The van der Waals surface area contributed by atoms with E-state index in [2.05, 4.69) is 10.1 Å². The minimum Gasteiger partial charge on any atom is -0.392 e. The molecule has 0 spiro atoms. The molecule has 2 rings (SSSR count). The van der Waals surface area contributed by atoms with Crippen LogP contribution in [0.4, 0.5) is 0 Å². The summed E-state index contributed by atoms with van der Waals surface area (Å²) in [5, 5.41) is 22.2. The maximum atomic E-state index is 9.47. The van der Waals surface area contributed by atoms with Crippen LogP contribution in [0.3, 0.4) is 0 Å². The van der Waals surface area contributed by atoms with Gasteiger partial charge in [-0.1, -0.05) is 11.6 Å². The molecule has 1 aromatic rings. The maximum absolute atomic E-state index is 9.47. The van der Waals surface area contributed by atoms with Crippen molar-refractivity contribution in [1.29, 1.82) is 5.26 Å². The van der Waals surface area contributed by atoms with Crippen molar-refractivity contribution in [3.63, 3.8) is 0 Å². The largest absolute Gasteiger partial charge is 0.392 e. The fourth-order valence-electron chi connectivity index (χ4n) is 1.81. The fraction of sp³-hybridized carbons (Fsp3) is 0.727. The van der Waals surface area contributed by atoms with Crippen molar-refractivity contribution in [3.05, 3.63) is 11.7 Å². The first kappa shape index (κ1) is 12.4. The molecule has 1 aliphatic rings. The van der Waals surface area contributed by atoms with Crippen LogP contribution in [0, 0.1) is 11.3 Å². The molecule has 2 atom stereocenters. The summed E-state index contributed by atoms with van der Waals surface area (Å²) in [6, 6.07) is 1.91. The van der Waals surface area contributed by atoms with Gasteiger partial charge in [0, 0.05) is 0 Å². The summed E-state index contributed by atoms with van der Waals surface area (Å²) in [5.41, 5.74) is 0. The minimum atomic E-state index is -0.715. The molecule has 2 unspecified atom stereocenters. The van der Waals surface area contributed by atoms with Gasteiger partial charge in [-0.05, 0) is 18.6 Å². The fourth-order valence-corrected chi connectivity index (χ4v) is 3.04. The number of hydrogen-bond acceptors (Lipinski definition) is 6. The normalized spacial score (nSPS) is 22.0. The highest BCUT2D eigenvalue weighted by molar-refractivity contribution is 7.99. The predicted octanol–water partition coefficient (Wildman–Crippen LogP) is 1.84. The van der Waals surface area contributed by atoms with Crippen LogP contribution >= 0.6 is 11.8 Å². The van der Waals surface area contributed by atoms with Crippen LogP contribution in [-0.2, 0) is 6.42 Å². The Labute approximate surface area is 104 Å². The molecule has 0 saturated carbocycles. The number of nitrogens with zero attached hydrogens (tertiary/aromatic N) is 3. The van der Waals surface area contributed by atoms with E-state index in [0.29, 0.717) is 11.1 Å². The van der Waals surface area contributed by atoms with Gasteiger partial charge in [0.15, 0.2) is 5.82 Å². The van der Waals surface area contributed by atoms with Crippen molar-refractivity contribution in [1.82, 2.24) is 10.1 Å². The van der Waals surface area contributed by atoms with E-state index in [0.717, 1.165) is 18.0 Å². The lowest BCUT2D eigenvalue weighted by molar-refractivity contribution is 0.167. The van der Waals surface area contributed by atoms with Gasteiger partial charge in [-0.3, -0.25) is 0 Å². The molecule has 1 fully saturated rings. The summed E-state index contributed by atoms with van der Waals surface area (Å²) >= 11 is 1.86. The molecule has 6 heteroatoms. The first-order valence-corrected chi connectivity index (χ1v) is 6.83. The molecule has 5 nitrogen and oxygen atoms in total. The Morgan fingerprint density at radius 2 is 2.47 bits per heavy atom. The third-order valence-electron chi connectivity index (χ3n) is 2.69. The van der Waals surface area contributed by atoms with E-state index in [1.54, 1.807) is 0 Å². The highest BCUT2D eigenvalue weighted by atomic mass is 32.2. The Kier molecular flexibility index (Phi) is 4.40. The Bertz CT molecular complexity index is 396. The van der Waals surface area contributed by atoms with Gasteiger partial charge in [0.05, 0.1) is 30.3 Å². The Morgan fingerprint density at radius 3 is 3.18 bits per heavy atom. The van der Waals surface area contributed by atoms with E-state index in [-0.39, 0.29) is 12.8 Å². The molecule has 0 radical (unpaired) electrons. The summed E-state index contributed by atoms with van der Waals surface area (Å²) < 4.78 is 5.09. The van der Waals surface area contributed by atoms with E-state index in [1.807, 2.05) is 17.8 Å². The number of aliphatic hydroxyl groups is 1. The van der Waals surface area contributed by atoms with Crippen molar-refractivity contribution in [2.24, 2.45) is 0 Å². The van der Waals surface area contributed by atoms with Crippen LogP contribution in [0.5, 0.6) is 0 Å². The average Bonchev–Trinajstić information content (AvgIpc) is 2.79. The second kappa shape index (κ2) is 6.03. The lowest BCUT2D eigenvalue weighted by Crippen LogP contribution is -2.09. The molecular formula is C11H15N3O2S. The third kappa shape index (κ3) is 3.45. The van der Waals surface area contributed by atoms with E-state index >= 15 is 0 Å². The topological polar surface area (TPSA) is 82.9 Å². The summed E-state index contributed by atoms with van der Waals surface area (Å²) in [5.74, 6) is 2.30. The van der Waals surface area contributed by atoms with Gasteiger partial charge < -0.3 is 9.63 Å². The number of aromatic nitrogens is 2. The number of hydrogen-bond donors (Lipinski definition) is 1. The molecule has 0 bridgehead atoms. The molecule has 17 heavy (non-hydrogen) atoms. The molecule has 1 N–H and O–H groups in total. The SMILES string of the molecule is N#CCC(O)Cc1nc(C2CCCCS2)no1. The van der Waals surface area contributed by atoms with Crippen LogP contribution in [-0.4, -0.2) is 27.1 Å². The van der Waals surface area contributed by atoms with Crippen molar-refractivity contribution in [3.8, 4) is 6.07 Å². The number of nitriles is 1. The van der Waals surface area contributed by atoms with Crippen LogP contribution in [0.2, 0.25) is 0 Å². The molecule has 0 amide bonds. The van der Waals surface area contributed by atoms with Crippen LogP contribution in [0.15, 0.2) is 4.52 Å². The highest BCUT2D eigenvalue weighted by Gasteiger charge is 2.22. The zero-order valence-electron chi connectivity index (χ0n) is 9.50. The number of thioether (sulfide) groups is 1. The van der Waals surface area contributed by atoms with Crippen molar-refractivity contribution in [2.75, 3.05) is 5.75 Å². The standard InChI is InChI=1S/C11H15N3O2S/c12-5-4-8(15)7-10-13-11(14-16-10)9-3-1-2-6-17-9/h8-9,15H,1-4,6-7H2. The van der Waals surface area contributed by atoms with Crippen LogP contribution < -0.4 is 0 Å². The summed E-state index contributed by atoms with van der Waals surface area (Å²) in [6.45, 7) is 0. The van der Waals surface area contributed by atoms with Crippen molar-refractivity contribution < 1.29 is 9.63 Å². The van der Waals surface area contributed by atoms with E-state index in [4.69, 9.17) is 9.78 Å². The zero-order chi connectivity index (χ0) is 12.1. The molecule has 0 aliphatic carbocycles. The van der Waals surface area contributed by atoms with Crippen LogP contribution in [0.25, 0.3) is 0 Å². The Balaban J connectivity index is 1.93. The average molecular weight is 253 g/mol. The van der Waals surface area contributed by atoms with Gasteiger partial charge in [0.2, 0.25) is 5.89 Å². The minimum absolute atomic E-state index is 0.0931. The van der Waals surface area contributed by atoms with Crippen LogP contribution in [0.1, 0.15) is 42.6 Å². The summed E-state index contributed by atoms with van der Waals surface area (Å²) in [6.07, 6.45) is 3.19. The molecule has 1 aliphatic heterocycles. The molecular weight excluding hydrogens is 238 g/mol. The van der Waals surface area contributed by atoms with Gasteiger partial charge in [0.25, 0.3) is 0 Å². The van der Waals surface area contributed by atoms with Crippen molar-refractivity contribution >= 4 is 11.8 Å². The van der Waals surface area contributed by atoms with Gasteiger partial charge in [-0.25, -0.2) is 0 Å². The monoisotopic (exact) mass is 253 g/mol. The summed E-state index contributed by atoms with van der Waals surface area (Å²) in [7, 11) is 0. The smallest absolute Gasteiger partial charge is 0.229 e. The molecule has 1 aromatic heterocycles. The van der Waals surface area contributed by atoms with E-state index in [9.17, 15) is 5.11 Å². The quantitative estimate of drug-likeness (QED) is 0.881. The Morgan fingerprint density at radius 1 is 1.59 bits per heavy atom. The lowest BCUT2D eigenvalue weighted by atomic mass is 10.2. The van der Waals surface area contributed by atoms with Gasteiger partial charge >= 0.3 is 0 Å². The lowest BCUT2D eigenvalue weighted by Gasteiger charge is -2.17. The molecule has 2 heterocycles. The highest BCUT2D eigenvalue weighted by Crippen LogP contribution is 2.36. The van der Waals surface area contributed by atoms with Gasteiger partial charge in [-0.15, -0.1) is 0 Å². The summed E-state index contributed by atoms with van der Waals surface area (Å²) in [4.78, 5) is 4.29. The second-order valence-corrected chi connectivity index (χ2v) is 5.43. The van der Waals surface area contributed by atoms with Gasteiger partial charge in [-0.2, -0.15) is 22.0 Å². The number of aliphatic hydroxyl groups excluding tert-OH is 1. The predicted molar refractivity (Wildman–Crippen MR) is 63.3 cm³/mol. The van der Waals surface area contributed by atoms with E-state index in [1.165, 1.54) is 12.8 Å². The molecule has 92 valence electrons. The maximum Gasteiger partial charge on any atom is 0.229 e. The third-order valence-corrected chi connectivity index (χ3v) is 4.06. The van der Waals surface area contributed by atoms with Gasteiger partial charge in [0.1, 0.15) is 0 Å². The molecule has 0 aromatic carbocycles. The van der Waals surface area contributed by atoms with E-state index < -0.39 is 6.10 Å². The second-order valence-electron chi connectivity index (χ2n) is 4.12. The van der Waals surface area contributed by atoms with Crippen molar-refractivity contribution in [2.45, 2.75) is 43.5 Å².